The van der Waals surface area contributed by atoms with Gasteiger partial charge in [0.25, 0.3) is 5.91 Å². The van der Waals surface area contributed by atoms with Gasteiger partial charge in [-0.25, -0.2) is 0 Å². The highest BCUT2D eigenvalue weighted by Gasteiger charge is 2.19. The van der Waals surface area contributed by atoms with Crippen LogP contribution in [0.4, 0.5) is 0 Å². The van der Waals surface area contributed by atoms with Gasteiger partial charge in [-0.3, -0.25) is 14.0 Å². The maximum atomic E-state index is 12.8. The normalized spacial score (nSPS) is 12.4. The molecule has 5 heteroatoms. The third-order valence-electron chi connectivity index (χ3n) is 3.72. The van der Waals surface area contributed by atoms with Crippen molar-refractivity contribution in [2.24, 2.45) is 0 Å². The van der Waals surface area contributed by atoms with E-state index in [0.717, 1.165) is 10.5 Å². The van der Waals surface area contributed by atoms with Crippen LogP contribution >= 0.6 is 0 Å². The van der Waals surface area contributed by atoms with E-state index in [2.05, 4.69) is 4.98 Å². The van der Waals surface area contributed by atoms with Gasteiger partial charge >= 0.3 is 0 Å². The lowest BCUT2D eigenvalue weighted by atomic mass is 10.1. The lowest BCUT2D eigenvalue weighted by Gasteiger charge is -2.27. The summed E-state index contributed by atoms with van der Waals surface area (Å²) in [4.78, 5) is 19.5. The molecule has 1 atom stereocenters. The van der Waals surface area contributed by atoms with Crippen molar-refractivity contribution in [2.45, 2.75) is 50.4 Å². The number of carbonyl (C=O) groups excluding carboxylic acids is 1. The third kappa shape index (κ3) is 4.51. The minimum Gasteiger partial charge on any atom is -0.332 e. The molecule has 24 heavy (non-hydrogen) atoms. The highest BCUT2D eigenvalue weighted by atomic mass is 32.2. The number of pyridine rings is 1. The van der Waals surface area contributed by atoms with Gasteiger partial charge in [-0.1, -0.05) is 19.9 Å². The fourth-order valence-corrected chi connectivity index (χ4v) is 3.30. The first kappa shape index (κ1) is 18.3. The van der Waals surface area contributed by atoms with Gasteiger partial charge in [-0.15, -0.1) is 0 Å². The van der Waals surface area contributed by atoms with Crippen LogP contribution < -0.4 is 0 Å². The van der Waals surface area contributed by atoms with Gasteiger partial charge in [-0.2, -0.15) is 0 Å². The molecule has 0 saturated heterocycles. The predicted octanol–water partition coefficient (Wildman–Crippen LogP) is 3.65. The van der Waals surface area contributed by atoms with Crippen molar-refractivity contribution in [1.29, 1.82) is 0 Å². The topological polar surface area (TPSA) is 50.3 Å². The number of hydrogen-bond acceptors (Lipinski definition) is 3. The summed E-state index contributed by atoms with van der Waals surface area (Å²) in [5.41, 5.74) is 1.61. The maximum absolute atomic E-state index is 12.8. The molecule has 0 fully saturated rings. The third-order valence-corrected chi connectivity index (χ3v) is 5.31. The number of hydrogen-bond donors (Lipinski definition) is 0. The smallest absolute Gasteiger partial charge is 0.254 e. The molecule has 0 saturated carbocycles. The Balaban J connectivity index is 2.19. The van der Waals surface area contributed by atoms with Crippen molar-refractivity contribution in [3.05, 3.63) is 59.9 Å². The van der Waals surface area contributed by atoms with E-state index in [4.69, 9.17) is 0 Å². The van der Waals surface area contributed by atoms with Crippen LogP contribution in [-0.4, -0.2) is 31.3 Å². The van der Waals surface area contributed by atoms with E-state index in [1.165, 1.54) is 0 Å². The van der Waals surface area contributed by atoms with Gasteiger partial charge in [0.15, 0.2) is 0 Å². The Hall–Kier alpha value is -2.01. The second kappa shape index (κ2) is 8.20. The lowest BCUT2D eigenvalue weighted by Crippen LogP contribution is -2.36. The number of benzene rings is 1. The summed E-state index contributed by atoms with van der Waals surface area (Å²) in [5, 5.41) is 0.0595. The number of nitrogens with zero attached hydrogens (tertiary/aromatic N) is 2. The summed E-state index contributed by atoms with van der Waals surface area (Å²) in [7, 11) is -1.04. The summed E-state index contributed by atoms with van der Waals surface area (Å²) >= 11 is 0. The quantitative estimate of drug-likeness (QED) is 0.804. The van der Waals surface area contributed by atoms with Crippen LogP contribution in [0.2, 0.25) is 0 Å². The largest absolute Gasteiger partial charge is 0.332 e. The molecular formula is C19H24N2O2S. The molecule has 1 heterocycles. The minimum atomic E-state index is -1.04. The Bertz CT molecular complexity index is 697. The highest BCUT2D eigenvalue weighted by molar-refractivity contribution is 7.85. The van der Waals surface area contributed by atoms with Crippen molar-refractivity contribution in [3.63, 3.8) is 0 Å². The summed E-state index contributed by atoms with van der Waals surface area (Å²) in [6, 6.07) is 11.0. The number of rotatable bonds is 6. The number of aromatic nitrogens is 1. The zero-order chi connectivity index (χ0) is 17.7. The molecule has 0 aliphatic carbocycles. The molecular weight excluding hydrogens is 320 g/mol. The Labute approximate surface area is 146 Å². The van der Waals surface area contributed by atoms with Gasteiger partial charge in [0.05, 0.1) is 10.8 Å². The summed E-state index contributed by atoms with van der Waals surface area (Å²) in [5.74, 6) is -0.0317. The Morgan fingerprint density at radius 1 is 1.12 bits per heavy atom. The molecule has 0 aliphatic rings. The van der Waals surface area contributed by atoms with Crippen LogP contribution in [0.1, 0.15) is 43.6 Å². The van der Waals surface area contributed by atoms with Gasteiger partial charge in [-0.05, 0) is 49.7 Å². The highest BCUT2D eigenvalue weighted by Crippen LogP contribution is 2.16. The first-order valence-electron chi connectivity index (χ1n) is 8.10. The van der Waals surface area contributed by atoms with Gasteiger partial charge in [0.1, 0.15) is 0 Å². The fourth-order valence-electron chi connectivity index (χ4n) is 2.35. The molecule has 0 N–H and O–H groups in total. The Morgan fingerprint density at radius 2 is 1.79 bits per heavy atom. The molecule has 1 aromatic carbocycles. The Kier molecular flexibility index (Phi) is 6.26. The average molecular weight is 344 g/mol. The monoisotopic (exact) mass is 344 g/mol. The van der Waals surface area contributed by atoms with Crippen LogP contribution in [0.5, 0.6) is 0 Å². The standard InChI is InChI=1S/C19H24N2O2S/c1-14(2)21(13-16-6-5-11-20-12-16)19(22)17-7-9-18(10-8-17)24(23)15(3)4/h5-12,14-15H,13H2,1-4H3/t24-/m0/s1. The van der Waals surface area contributed by atoms with E-state index in [0.29, 0.717) is 12.1 Å². The van der Waals surface area contributed by atoms with Crippen molar-refractivity contribution >= 4 is 16.7 Å². The van der Waals surface area contributed by atoms with Crippen LogP contribution in [0.25, 0.3) is 0 Å². The van der Waals surface area contributed by atoms with E-state index in [1.807, 2.05) is 44.7 Å². The molecule has 128 valence electrons. The minimum absolute atomic E-state index is 0.0317. The van der Waals surface area contributed by atoms with Gasteiger partial charge in [0.2, 0.25) is 0 Å². The van der Waals surface area contributed by atoms with Crippen molar-refractivity contribution in [3.8, 4) is 0 Å². The molecule has 4 nitrogen and oxygen atoms in total. The molecule has 0 spiro atoms. The van der Waals surface area contributed by atoms with Crippen LogP contribution in [0.15, 0.2) is 53.7 Å². The van der Waals surface area contributed by atoms with Crippen LogP contribution in [-0.2, 0) is 17.3 Å². The second-order valence-electron chi connectivity index (χ2n) is 6.26. The molecule has 0 aliphatic heterocycles. The zero-order valence-corrected chi connectivity index (χ0v) is 15.4. The molecule has 0 unspecified atom stereocenters. The number of carbonyl (C=O) groups is 1. The summed E-state index contributed by atoms with van der Waals surface area (Å²) in [6.45, 7) is 8.35. The van der Waals surface area contributed by atoms with Crippen molar-refractivity contribution < 1.29 is 9.00 Å². The zero-order valence-electron chi connectivity index (χ0n) is 14.6. The summed E-state index contributed by atoms with van der Waals surface area (Å²) < 4.78 is 12.1. The maximum Gasteiger partial charge on any atom is 0.254 e. The van der Waals surface area contributed by atoms with E-state index < -0.39 is 10.8 Å². The molecule has 2 aromatic rings. The number of amides is 1. The van der Waals surface area contributed by atoms with E-state index in [-0.39, 0.29) is 17.2 Å². The van der Waals surface area contributed by atoms with Gasteiger partial charge < -0.3 is 4.90 Å². The molecule has 1 aromatic heterocycles. The van der Waals surface area contributed by atoms with Crippen molar-refractivity contribution in [1.82, 2.24) is 9.88 Å². The molecule has 1 amide bonds. The first-order valence-corrected chi connectivity index (χ1v) is 9.32. The summed E-state index contributed by atoms with van der Waals surface area (Å²) in [6.07, 6.45) is 3.50. The van der Waals surface area contributed by atoms with Gasteiger partial charge in [0, 0.05) is 40.7 Å². The predicted molar refractivity (Wildman–Crippen MR) is 97.2 cm³/mol. The first-order chi connectivity index (χ1) is 11.4. The van der Waals surface area contributed by atoms with E-state index in [1.54, 1.807) is 36.7 Å². The Morgan fingerprint density at radius 3 is 2.29 bits per heavy atom. The SMILES string of the molecule is CC(C)N(Cc1cccnc1)C(=O)c1ccc([S@@](=O)C(C)C)cc1. The molecule has 0 radical (unpaired) electrons. The van der Waals surface area contributed by atoms with Crippen LogP contribution in [0.3, 0.4) is 0 Å². The molecule has 0 bridgehead atoms. The molecule has 2 rings (SSSR count). The fraction of sp³-hybridized carbons (Fsp3) is 0.368. The van der Waals surface area contributed by atoms with Crippen LogP contribution in [0, 0.1) is 0 Å². The lowest BCUT2D eigenvalue weighted by molar-refractivity contribution is 0.0690. The van der Waals surface area contributed by atoms with E-state index >= 15 is 0 Å². The van der Waals surface area contributed by atoms with E-state index in [9.17, 15) is 9.00 Å². The average Bonchev–Trinajstić information content (AvgIpc) is 2.59. The van der Waals surface area contributed by atoms with Crippen molar-refractivity contribution in [2.75, 3.05) is 0 Å². The second-order valence-corrected chi connectivity index (χ2v) is 8.27.